The first kappa shape index (κ1) is 21.8. The molecule has 0 aliphatic carbocycles. The number of nitrogens with one attached hydrogen (secondary N) is 1. The molecule has 1 N–H and O–H groups in total. The Morgan fingerprint density at radius 3 is 2.27 bits per heavy atom. The van der Waals surface area contributed by atoms with Crippen molar-refractivity contribution in [2.75, 3.05) is 40.3 Å². The van der Waals surface area contributed by atoms with Crippen LogP contribution in [0.25, 0.3) is 0 Å². The van der Waals surface area contributed by atoms with Crippen LogP contribution < -0.4 is 9.46 Å². The predicted molar refractivity (Wildman–Crippen MR) is 109 cm³/mol. The number of rotatable bonds is 7. The maximum absolute atomic E-state index is 12.6. The van der Waals surface area contributed by atoms with Gasteiger partial charge in [0.25, 0.3) is 15.9 Å². The van der Waals surface area contributed by atoms with E-state index in [0.717, 1.165) is 11.3 Å². The van der Waals surface area contributed by atoms with Gasteiger partial charge in [-0.2, -0.15) is 0 Å². The fraction of sp³-hybridized carbons (Fsp3) is 0.400. The number of benzene rings is 1. The lowest BCUT2D eigenvalue weighted by Crippen LogP contribution is -2.50. The number of nitrogens with zero attached hydrogens (tertiary/aromatic N) is 2. The Bertz CT molecular complexity index is 992. The smallest absolute Gasteiger partial charge is 0.289 e. The molecule has 1 aliphatic heterocycles. The lowest BCUT2D eigenvalue weighted by atomic mass is 10.1. The number of carbonyl (C=O) groups is 2. The maximum Gasteiger partial charge on any atom is 0.289 e. The van der Waals surface area contributed by atoms with Crippen molar-refractivity contribution in [1.82, 2.24) is 14.5 Å². The quantitative estimate of drug-likeness (QED) is 0.698. The minimum Gasteiger partial charge on any atom is -0.497 e. The van der Waals surface area contributed by atoms with Crippen molar-refractivity contribution in [3.8, 4) is 5.75 Å². The van der Waals surface area contributed by atoms with Crippen molar-refractivity contribution in [2.45, 2.75) is 17.9 Å². The summed E-state index contributed by atoms with van der Waals surface area (Å²) < 4.78 is 36.0. The molecule has 1 fully saturated rings. The molecule has 2 amide bonds. The number of aryl methyl sites for hydroxylation is 1. The van der Waals surface area contributed by atoms with Crippen molar-refractivity contribution < 1.29 is 27.2 Å². The zero-order valence-corrected chi connectivity index (χ0v) is 17.8. The summed E-state index contributed by atoms with van der Waals surface area (Å²) >= 11 is 0. The first-order valence-electron chi connectivity index (χ1n) is 9.57. The van der Waals surface area contributed by atoms with Crippen LogP contribution in [-0.2, 0) is 21.2 Å². The van der Waals surface area contributed by atoms with E-state index in [0.29, 0.717) is 39.0 Å². The second-order valence-corrected chi connectivity index (χ2v) is 8.66. The molecule has 3 rings (SSSR count). The zero-order valence-electron chi connectivity index (χ0n) is 17.0. The van der Waals surface area contributed by atoms with Gasteiger partial charge in [0, 0.05) is 32.6 Å². The fourth-order valence-electron chi connectivity index (χ4n) is 3.20. The zero-order chi connectivity index (χ0) is 21.7. The topological polar surface area (TPSA) is 109 Å². The van der Waals surface area contributed by atoms with Crippen LogP contribution in [-0.4, -0.2) is 70.4 Å². The third-order valence-corrected chi connectivity index (χ3v) is 6.32. The highest BCUT2D eigenvalue weighted by Crippen LogP contribution is 2.17. The molecule has 1 saturated heterocycles. The number of hydrogen-bond acceptors (Lipinski definition) is 6. The van der Waals surface area contributed by atoms with Crippen LogP contribution in [0.15, 0.2) is 45.9 Å². The number of carbonyl (C=O) groups excluding carboxylic acids is 2. The molecule has 9 nitrogen and oxygen atoms in total. The van der Waals surface area contributed by atoms with Gasteiger partial charge in [0.1, 0.15) is 5.75 Å². The molecule has 0 atom stereocenters. The first-order chi connectivity index (χ1) is 14.3. The number of sulfonamides is 1. The summed E-state index contributed by atoms with van der Waals surface area (Å²) in [6.45, 7) is 1.58. The van der Waals surface area contributed by atoms with Gasteiger partial charge in [-0.25, -0.2) is 13.1 Å². The molecule has 0 radical (unpaired) electrons. The van der Waals surface area contributed by atoms with E-state index in [1.54, 1.807) is 16.9 Å². The molecule has 0 spiro atoms. The molecule has 0 unspecified atom stereocenters. The predicted octanol–water partition coefficient (Wildman–Crippen LogP) is 1.11. The van der Waals surface area contributed by atoms with Gasteiger partial charge in [0.2, 0.25) is 11.0 Å². The second kappa shape index (κ2) is 9.31. The lowest BCUT2D eigenvalue weighted by Gasteiger charge is -2.34. The summed E-state index contributed by atoms with van der Waals surface area (Å²) in [5.74, 6) is 0.386. The SMILES string of the molecule is CNS(=O)(=O)c1ccc(C(=O)N2CCN(C(=O)CCc3ccc(OC)cc3)CC2)o1. The molecule has 30 heavy (non-hydrogen) atoms. The highest BCUT2D eigenvalue weighted by atomic mass is 32.2. The Morgan fingerprint density at radius 1 is 1.03 bits per heavy atom. The van der Waals surface area contributed by atoms with Crippen LogP contribution in [0.5, 0.6) is 5.75 Å². The summed E-state index contributed by atoms with van der Waals surface area (Å²) in [5, 5.41) is -0.305. The summed E-state index contributed by atoms with van der Waals surface area (Å²) in [5.41, 5.74) is 1.06. The van der Waals surface area contributed by atoms with Crippen LogP contribution >= 0.6 is 0 Å². The summed E-state index contributed by atoms with van der Waals surface area (Å²) in [4.78, 5) is 28.4. The van der Waals surface area contributed by atoms with E-state index >= 15 is 0 Å². The monoisotopic (exact) mass is 435 g/mol. The third-order valence-electron chi connectivity index (χ3n) is 5.03. The Morgan fingerprint density at radius 2 is 1.67 bits per heavy atom. The minimum absolute atomic E-state index is 0.0388. The number of ether oxygens (including phenoxy) is 1. The number of piperazine rings is 1. The third kappa shape index (κ3) is 5.00. The second-order valence-electron chi connectivity index (χ2n) is 6.85. The molecule has 0 bridgehead atoms. The normalized spacial score (nSPS) is 14.6. The number of hydrogen-bond donors (Lipinski definition) is 1. The van der Waals surface area contributed by atoms with Crippen molar-refractivity contribution in [1.29, 1.82) is 0 Å². The van der Waals surface area contributed by atoms with E-state index in [9.17, 15) is 18.0 Å². The molecule has 0 saturated carbocycles. The Hall–Kier alpha value is -2.85. The average molecular weight is 436 g/mol. The lowest BCUT2D eigenvalue weighted by molar-refractivity contribution is -0.132. The summed E-state index contributed by atoms with van der Waals surface area (Å²) in [6, 6.07) is 10.2. The van der Waals surface area contributed by atoms with Crippen molar-refractivity contribution in [2.24, 2.45) is 0 Å². The Balaban J connectivity index is 1.50. The molecule has 1 aromatic carbocycles. The van der Waals surface area contributed by atoms with Gasteiger partial charge in [-0.15, -0.1) is 0 Å². The van der Waals surface area contributed by atoms with Gasteiger partial charge < -0.3 is 19.0 Å². The van der Waals surface area contributed by atoms with Crippen molar-refractivity contribution in [3.63, 3.8) is 0 Å². The number of methoxy groups -OCH3 is 1. The largest absolute Gasteiger partial charge is 0.497 e. The van der Waals surface area contributed by atoms with E-state index in [1.807, 2.05) is 24.3 Å². The van der Waals surface area contributed by atoms with Crippen LogP contribution in [0, 0.1) is 0 Å². The average Bonchev–Trinajstić information content (AvgIpc) is 3.28. The Labute approximate surface area is 175 Å². The highest BCUT2D eigenvalue weighted by molar-refractivity contribution is 7.89. The molecule has 2 heterocycles. The van der Waals surface area contributed by atoms with E-state index in [1.165, 1.54) is 19.2 Å². The molecule has 162 valence electrons. The number of furan rings is 1. The van der Waals surface area contributed by atoms with E-state index < -0.39 is 15.9 Å². The van der Waals surface area contributed by atoms with Crippen LogP contribution in [0.3, 0.4) is 0 Å². The van der Waals surface area contributed by atoms with E-state index in [2.05, 4.69) is 4.72 Å². The van der Waals surface area contributed by atoms with Gasteiger partial charge in [0.05, 0.1) is 7.11 Å². The first-order valence-corrected chi connectivity index (χ1v) is 11.1. The molecular formula is C20H25N3O6S. The molecule has 1 aromatic heterocycles. The van der Waals surface area contributed by atoms with Crippen LogP contribution in [0.1, 0.15) is 22.5 Å². The van der Waals surface area contributed by atoms with Gasteiger partial charge in [-0.05, 0) is 43.3 Å². The van der Waals surface area contributed by atoms with Crippen LogP contribution in [0.4, 0.5) is 0 Å². The van der Waals surface area contributed by atoms with Gasteiger partial charge in [-0.3, -0.25) is 9.59 Å². The van der Waals surface area contributed by atoms with Gasteiger partial charge in [0.15, 0.2) is 5.76 Å². The fourth-order valence-corrected chi connectivity index (χ4v) is 3.84. The summed E-state index contributed by atoms with van der Waals surface area (Å²) in [7, 11) is -0.865. The molecular weight excluding hydrogens is 410 g/mol. The highest BCUT2D eigenvalue weighted by Gasteiger charge is 2.27. The van der Waals surface area contributed by atoms with Gasteiger partial charge >= 0.3 is 0 Å². The van der Waals surface area contributed by atoms with Crippen molar-refractivity contribution >= 4 is 21.8 Å². The number of amides is 2. The van der Waals surface area contributed by atoms with Crippen LogP contribution in [0.2, 0.25) is 0 Å². The molecule has 10 heteroatoms. The van der Waals surface area contributed by atoms with Crippen molar-refractivity contribution in [3.05, 3.63) is 47.7 Å². The maximum atomic E-state index is 12.6. The Kier molecular flexibility index (Phi) is 6.78. The van der Waals surface area contributed by atoms with E-state index in [4.69, 9.17) is 9.15 Å². The molecule has 1 aliphatic rings. The van der Waals surface area contributed by atoms with E-state index in [-0.39, 0.29) is 16.8 Å². The van der Waals surface area contributed by atoms with Gasteiger partial charge in [-0.1, -0.05) is 12.1 Å². The molecule has 2 aromatic rings. The summed E-state index contributed by atoms with van der Waals surface area (Å²) in [6.07, 6.45) is 1.03. The standard InChI is InChI=1S/C20H25N3O6S/c1-21-30(26,27)19-10-8-17(29-19)20(25)23-13-11-22(12-14-23)18(24)9-5-15-3-6-16(28-2)7-4-15/h3-4,6-8,10,21H,5,9,11-14H2,1-2H3. The minimum atomic E-state index is -3.74.